The normalized spacial score (nSPS) is 10.3. The van der Waals surface area contributed by atoms with E-state index in [1.807, 2.05) is 25.3 Å². The maximum Gasteiger partial charge on any atom is 0.225 e. The molecule has 0 radical (unpaired) electrons. The van der Waals surface area contributed by atoms with Crippen molar-refractivity contribution < 1.29 is 4.74 Å². The number of nitrogen functional groups attached to an aromatic ring is 1. The first-order valence-electron chi connectivity index (χ1n) is 5.46. The molecular formula is C12H13ClN4OS. The number of hydrazine groups is 1. The minimum Gasteiger partial charge on any atom is -0.437 e. The molecule has 0 atom stereocenters. The number of hydrogen-bond donors (Lipinski definition) is 2. The lowest BCUT2D eigenvalue weighted by molar-refractivity contribution is 0.456. The van der Waals surface area contributed by atoms with Crippen LogP contribution in [0, 0.1) is 6.92 Å². The second-order valence-corrected chi connectivity index (χ2v) is 4.94. The number of aryl methyl sites for hydroxylation is 1. The van der Waals surface area contributed by atoms with Gasteiger partial charge in [-0.25, -0.2) is 10.8 Å². The van der Waals surface area contributed by atoms with Crippen LogP contribution >= 0.6 is 23.4 Å². The van der Waals surface area contributed by atoms with Crippen LogP contribution in [0.4, 0.5) is 5.82 Å². The number of nitrogens with two attached hydrogens (primary N) is 1. The maximum atomic E-state index is 6.08. The Balaban J connectivity index is 2.34. The highest BCUT2D eigenvalue weighted by atomic mass is 35.5. The molecule has 1 aromatic heterocycles. The van der Waals surface area contributed by atoms with Crippen molar-refractivity contribution in [1.82, 2.24) is 9.97 Å². The van der Waals surface area contributed by atoms with Crippen molar-refractivity contribution in [2.24, 2.45) is 5.84 Å². The van der Waals surface area contributed by atoms with Crippen LogP contribution in [0.25, 0.3) is 0 Å². The first-order valence-corrected chi connectivity index (χ1v) is 7.06. The minimum atomic E-state index is 0.389. The quantitative estimate of drug-likeness (QED) is 0.390. The molecule has 5 nitrogen and oxygen atoms in total. The zero-order valence-electron chi connectivity index (χ0n) is 10.5. The largest absolute Gasteiger partial charge is 0.437 e. The van der Waals surface area contributed by atoms with E-state index in [0.717, 1.165) is 5.56 Å². The molecule has 2 rings (SSSR count). The van der Waals surface area contributed by atoms with E-state index in [2.05, 4.69) is 15.4 Å². The summed E-state index contributed by atoms with van der Waals surface area (Å²) >= 11 is 7.48. The van der Waals surface area contributed by atoms with Crippen LogP contribution in [-0.4, -0.2) is 16.2 Å². The lowest BCUT2D eigenvalue weighted by Crippen LogP contribution is -2.09. The number of halogens is 1. The SMILES string of the molecule is CSc1nc(NN)cc(Oc2cc(C)ccc2Cl)n1. The standard InChI is InChI=1S/C12H13ClN4OS/c1-7-3-4-8(13)9(5-7)18-11-6-10(17-14)15-12(16-11)19-2/h3-6H,14H2,1-2H3,(H,15,16,17). The fraction of sp³-hybridized carbons (Fsp3) is 0.167. The minimum absolute atomic E-state index is 0.389. The van der Waals surface area contributed by atoms with Crippen molar-refractivity contribution in [3.8, 4) is 11.6 Å². The number of ether oxygens (including phenoxy) is 1. The van der Waals surface area contributed by atoms with E-state index in [4.69, 9.17) is 22.2 Å². The Morgan fingerprint density at radius 3 is 2.79 bits per heavy atom. The molecule has 7 heteroatoms. The third kappa shape index (κ3) is 3.50. The predicted octanol–water partition coefficient (Wildman–Crippen LogP) is 3.24. The molecule has 0 bridgehead atoms. The van der Waals surface area contributed by atoms with E-state index in [1.54, 1.807) is 12.1 Å². The summed E-state index contributed by atoms with van der Waals surface area (Å²) in [5.74, 6) is 6.78. The van der Waals surface area contributed by atoms with E-state index in [0.29, 0.717) is 27.6 Å². The van der Waals surface area contributed by atoms with E-state index >= 15 is 0 Å². The van der Waals surface area contributed by atoms with E-state index in [1.165, 1.54) is 11.8 Å². The summed E-state index contributed by atoms with van der Waals surface area (Å²) in [5.41, 5.74) is 3.53. The smallest absolute Gasteiger partial charge is 0.225 e. The van der Waals surface area contributed by atoms with Crippen LogP contribution in [0.2, 0.25) is 5.02 Å². The molecule has 0 aliphatic carbocycles. The highest BCUT2D eigenvalue weighted by molar-refractivity contribution is 7.98. The number of nitrogens with one attached hydrogen (secondary N) is 1. The van der Waals surface area contributed by atoms with Gasteiger partial charge in [-0.15, -0.1) is 0 Å². The van der Waals surface area contributed by atoms with Crippen LogP contribution in [0.15, 0.2) is 29.4 Å². The number of benzene rings is 1. The topological polar surface area (TPSA) is 73.1 Å². The summed E-state index contributed by atoms with van der Waals surface area (Å²) in [7, 11) is 0. The van der Waals surface area contributed by atoms with E-state index in [-0.39, 0.29) is 0 Å². The molecule has 0 saturated heterocycles. The number of nitrogens with zero attached hydrogens (tertiary/aromatic N) is 2. The summed E-state index contributed by atoms with van der Waals surface area (Å²) in [6, 6.07) is 7.15. The highest BCUT2D eigenvalue weighted by Gasteiger charge is 2.08. The maximum absolute atomic E-state index is 6.08. The first kappa shape index (κ1) is 13.9. The second-order valence-electron chi connectivity index (χ2n) is 3.76. The molecule has 0 unspecified atom stereocenters. The third-order valence-corrected chi connectivity index (χ3v) is 3.17. The first-order chi connectivity index (χ1) is 9.12. The molecule has 0 aliphatic rings. The Morgan fingerprint density at radius 2 is 2.11 bits per heavy atom. The highest BCUT2D eigenvalue weighted by Crippen LogP contribution is 2.30. The monoisotopic (exact) mass is 296 g/mol. The summed E-state index contributed by atoms with van der Waals surface area (Å²) in [5, 5.41) is 1.09. The number of anilines is 1. The van der Waals surface area contributed by atoms with Crippen molar-refractivity contribution >= 4 is 29.2 Å². The number of thioether (sulfide) groups is 1. The molecule has 0 saturated carbocycles. The van der Waals surface area contributed by atoms with Gasteiger partial charge in [-0.3, -0.25) is 0 Å². The molecule has 1 aromatic carbocycles. The molecule has 19 heavy (non-hydrogen) atoms. The molecule has 0 aliphatic heterocycles. The Kier molecular flexibility index (Phi) is 4.47. The molecule has 0 fully saturated rings. The van der Waals surface area contributed by atoms with Gasteiger partial charge < -0.3 is 10.2 Å². The van der Waals surface area contributed by atoms with Gasteiger partial charge in [0.15, 0.2) is 5.16 Å². The molecule has 0 amide bonds. The van der Waals surface area contributed by atoms with Crippen molar-refractivity contribution in [1.29, 1.82) is 0 Å². The summed E-state index contributed by atoms with van der Waals surface area (Å²) in [4.78, 5) is 8.40. The average Bonchev–Trinajstić information content (AvgIpc) is 2.42. The predicted molar refractivity (Wildman–Crippen MR) is 77.9 cm³/mol. The van der Waals surface area contributed by atoms with Crippen LogP contribution in [-0.2, 0) is 0 Å². The lowest BCUT2D eigenvalue weighted by Gasteiger charge is -2.09. The van der Waals surface area contributed by atoms with Crippen LogP contribution < -0.4 is 16.0 Å². The second kappa shape index (κ2) is 6.10. The molecule has 3 N–H and O–H groups in total. The zero-order chi connectivity index (χ0) is 13.8. The Bertz CT molecular complexity index is 572. The summed E-state index contributed by atoms with van der Waals surface area (Å²) in [6.07, 6.45) is 1.87. The fourth-order valence-corrected chi connectivity index (χ4v) is 1.95. The molecule has 100 valence electrons. The zero-order valence-corrected chi connectivity index (χ0v) is 12.0. The van der Waals surface area contributed by atoms with Crippen LogP contribution in [0.5, 0.6) is 11.6 Å². The van der Waals surface area contributed by atoms with Gasteiger partial charge in [-0.2, -0.15) is 4.98 Å². The Morgan fingerprint density at radius 1 is 1.32 bits per heavy atom. The summed E-state index contributed by atoms with van der Waals surface area (Å²) < 4.78 is 5.68. The van der Waals surface area contributed by atoms with Gasteiger partial charge in [0.2, 0.25) is 5.88 Å². The molecular weight excluding hydrogens is 284 g/mol. The molecule has 2 aromatic rings. The van der Waals surface area contributed by atoms with Gasteiger partial charge >= 0.3 is 0 Å². The van der Waals surface area contributed by atoms with Crippen molar-refractivity contribution in [2.45, 2.75) is 12.1 Å². The Hall–Kier alpha value is -1.50. The fourth-order valence-electron chi connectivity index (χ4n) is 1.42. The van der Waals surface area contributed by atoms with Crippen LogP contribution in [0.3, 0.4) is 0 Å². The molecule has 0 spiro atoms. The van der Waals surface area contributed by atoms with E-state index < -0.39 is 0 Å². The van der Waals surface area contributed by atoms with Gasteiger partial charge in [-0.1, -0.05) is 29.4 Å². The summed E-state index contributed by atoms with van der Waals surface area (Å²) in [6.45, 7) is 1.96. The third-order valence-electron chi connectivity index (χ3n) is 2.31. The van der Waals surface area contributed by atoms with Gasteiger partial charge in [0.25, 0.3) is 0 Å². The molecule has 1 heterocycles. The van der Waals surface area contributed by atoms with Gasteiger partial charge in [0.1, 0.15) is 11.6 Å². The average molecular weight is 297 g/mol. The number of hydrogen-bond acceptors (Lipinski definition) is 6. The number of aromatic nitrogens is 2. The van der Waals surface area contributed by atoms with Crippen LogP contribution in [0.1, 0.15) is 5.56 Å². The Labute approximate surface area is 120 Å². The van der Waals surface area contributed by atoms with Crippen molar-refractivity contribution in [2.75, 3.05) is 11.7 Å². The van der Waals surface area contributed by atoms with E-state index in [9.17, 15) is 0 Å². The van der Waals surface area contributed by atoms with Crippen molar-refractivity contribution in [3.05, 3.63) is 34.9 Å². The van der Waals surface area contributed by atoms with Gasteiger partial charge in [0.05, 0.1) is 5.02 Å². The number of rotatable bonds is 4. The lowest BCUT2D eigenvalue weighted by atomic mass is 10.2. The van der Waals surface area contributed by atoms with Crippen molar-refractivity contribution in [3.63, 3.8) is 0 Å². The van der Waals surface area contributed by atoms with Gasteiger partial charge in [0, 0.05) is 6.07 Å². The van der Waals surface area contributed by atoms with Gasteiger partial charge in [-0.05, 0) is 30.9 Å².